The third-order valence-electron chi connectivity index (χ3n) is 6.81. The van der Waals surface area contributed by atoms with E-state index in [2.05, 4.69) is 39.9 Å². The Morgan fingerprint density at radius 3 is 2.26 bits per heavy atom. The summed E-state index contributed by atoms with van der Waals surface area (Å²) in [6.45, 7) is 0.273. The summed E-state index contributed by atoms with van der Waals surface area (Å²) in [4.78, 5) is 40.7. The summed E-state index contributed by atoms with van der Waals surface area (Å²) in [5.74, 6) is -1.54. The normalized spacial score (nSPS) is 15.3. The molecule has 8 heteroatoms. The summed E-state index contributed by atoms with van der Waals surface area (Å²) in [5.41, 5.74) is 4.13. The molecule has 0 aliphatic heterocycles. The maximum Gasteiger partial charge on any atom is 0.407 e. The molecule has 5 rings (SSSR count). The van der Waals surface area contributed by atoms with Crippen LogP contribution >= 0.6 is 0 Å². The molecule has 1 aromatic heterocycles. The number of aliphatic carboxylic acids is 1. The van der Waals surface area contributed by atoms with Crippen molar-refractivity contribution < 1.29 is 24.2 Å². The zero-order valence-electron chi connectivity index (χ0n) is 19.0. The van der Waals surface area contributed by atoms with Crippen LogP contribution in [0.4, 0.5) is 4.79 Å². The summed E-state index contributed by atoms with van der Waals surface area (Å²) >= 11 is 0. The molecule has 0 radical (unpaired) electrons. The Kier molecular flexibility index (Phi) is 5.94. The highest BCUT2D eigenvalue weighted by Crippen LogP contribution is 2.44. The largest absolute Gasteiger partial charge is 0.480 e. The average molecular weight is 472 g/mol. The number of ether oxygens (including phenoxy) is 1. The van der Waals surface area contributed by atoms with Crippen LogP contribution in [0.25, 0.3) is 11.1 Å². The highest BCUT2D eigenvalue weighted by Gasteiger charge is 2.45. The van der Waals surface area contributed by atoms with Crippen LogP contribution in [0, 0.1) is 0 Å². The minimum atomic E-state index is -1.19. The van der Waals surface area contributed by atoms with Gasteiger partial charge in [0, 0.05) is 17.7 Å². The van der Waals surface area contributed by atoms with Gasteiger partial charge in [-0.3, -0.25) is 9.78 Å². The van der Waals surface area contributed by atoms with Crippen LogP contribution in [-0.4, -0.2) is 40.2 Å². The standard InChI is InChI=1S/C27H25N3O5/c31-24(30-27(25(32)33)11-5-12-27)17-10-13-28-18(14-17)15-29-26(34)35-16-23-21-8-3-1-6-19(21)20-7-2-4-9-22(20)23/h1-4,6-10,13-14,23H,5,11-12,15-16H2,(H,29,34)(H,30,31)(H,32,33). The number of amides is 2. The van der Waals surface area contributed by atoms with Gasteiger partial charge in [0.05, 0.1) is 12.2 Å². The van der Waals surface area contributed by atoms with Gasteiger partial charge in [-0.2, -0.15) is 0 Å². The molecule has 0 bridgehead atoms. The van der Waals surface area contributed by atoms with Crippen molar-refractivity contribution in [1.29, 1.82) is 0 Å². The number of hydrogen-bond acceptors (Lipinski definition) is 5. The molecule has 2 aliphatic carbocycles. The van der Waals surface area contributed by atoms with E-state index in [1.807, 2.05) is 24.3 Å². The Morgan fingerprint density at radius 2 is 1.66 bits per heavy atom. The topological polar surface area (TPSA) is 118 Å². The summed E-state index contributed by atoms with van der Waals surface area (Å²) in [7, 11) is 0. The highest BCUT2D eigenvalue weighted by molar-refractivity contribution is 5.98. The first kappa shape index (κ1) is 22.6. The quantitative estimate of drug-likeness (QED) is 0.482. The number of hydrogen-bond donors (Lipinski definition) is 3. The molecule has 0 atom stereocenters. The lowest BCUT2D eigenvalue weighted by Crippen LogP contribution is -2.59. The van der Waals surface area contributed by atoms with Crippen molar-refractivity contribution >= 4 is 18.0 Å². The maximum absolute atomic E-state index is 12.6. The monoisotopic (exact) mass is 471 g/mol. The second kappa shape index (κ2) is 9.21. The van der Waals surface area contributed by atoms with E-state index >= 15 is 0 Å². The van der Waals surface area contributed by atoms with Gasteiger partial charge in [-0.1, -0.05) is 48.5 Å². The number of nitrogens with one attached hydrogen (secondary N) is 2. The Morgan fingerprint density at radius 1 is 1.00 bits per heavy atom. The number of carbonyl (C=O) groups is 3. The van der Waals surface area contributed by atoms with Crippen molar-refractivity contribution in [2.24, 2.45) is 0 Å². The zero-order chi connectivity index (χ0) is 24.4. The smallest absolute Gasteiger partial charge is 0.407 e. The molecule has 8 nitrogen and oxygen atoms in total. The molecule has 2 amide bonds. The summed E-state index contributed by atoms with van der Waals surface area (Å²) < 4.78 is 5.53. The summed E-state index contributed by atoms with van der Waals surface area (Å²) in [5, 5.41) is 14.7. The number of aromatic nitrogens is 1. The number of rotatable bonds is 7. The second-order valence-electron chi connectivity index (χ2n) is 8.91. The van der Waals surface area contributed by atoms with Crippen LogP contribution in [0.15, 0.2) is 66.9 Å². The van der Waals surface area contributed by atoms with Gasteiger partial charge in [0.15, 0.2) is 0 Å². The van der Waals surface area contributed by atoms with Crippen LogP contribution in [0.1, 0.15) is 52.4 Å². The third kappa shape index (κ3) is 4.35. The lowest BCUT2D eigenvalue weighted by Gasteiger charge is -2.38. The zero-order valence-corrected chi connectivity index (χ0v) is 19.0. The Bertz CT molecular complexity index is 1260. The average Bonchev–Trinajstić information content (AvgIpc) is 3.17. The minimum Gasteiger partial charge on any atom is -0.480 e. The number of nitrogens with zero attached hydrogens (tertiary/aromatic N) is 1. The van der Waals surface area contributed by atoms with E-state index in [1.54, 1.807) is 0 Å². The molecule has 1 saturated carbocycles. The number of fused-ring (bicyclic) bond motifs is 3. The summed E-state index contributed by atoms with van der Waals surface area (Å²) in [6, 6.07) is 19.3. The lowest BCUT2D eigenvalue weighted by atomic mass is 9.76. The molecule has 3 N–H and O–H groups in total. The van der Waals surface area contributed by atoms with Crippen molar-refractivity contribution in [1.82, 2.24) is 15.6 Å². The predicted octanol–water partition coefficient (Wildman–Crippen LogP) is 3.86. The maximum atomic E-state index is 12.6. The highest BCUT2D eigenvalue weighted by atomic mass is 16.5. The van der Waals surface area contributed by atoms with E-state index in [0.717, 1.165) is 28.7 Å². The molecule has 178 valence electrons. The van der Waals surface area contributed by atoms with Gasteiger partial charge < -0.3 is 20.5 Å². The van der Waals surface area contributed by atoms with E-state index < -0.39 is 23.5 Å². The molecule has 1 fully saturated rings. The third-order valence-corrected chi connectivity index (χ3v) is 6.81. The number of carbonyl (C=O) groups excluding carboxylic acids is 2. The van der Waals surface area contributed by atoms with Crippen LogP contribution < -0.4 is 10.6 Å². The van der Waals surface area contributed by atoms with Gasteiger partial charge >= 0.3 is 12.1 Å². The molecule has 1 heterocycles. The van der Waals surface area contributed by atoms with E-state index in [4.69, 9.17) is 4.74 Å². The Balaban J connectivity index is 1.18. The van der Waals surface area contributed by atoms with Crippen molar-refractivity contribution in [3.05, 3.63) is 89.2 Å². The van der Waals surface area contributed by atoms with Crippen LogP contribution in [0.3, 0.4) is 0 Å². The van der Waals surface area contributed by atoms with Crippen molar-refractivity contribution in [2.45, 2.75) is 37.3 Å². The van der Waals surface area contributed by atoms with Crippen molar-refractivity contribution in [2.75, 3.05) is 6.61 Å². The fraction of sp³-hybridized carbons (Fsp3) is 0.259. The first-order valence-corrected chi connectivity index (χ1v) is 11.6. The minimum absolute atomic E-state index is 0.0358. The SMILES string of the molecule is O=C(NCc1cc(C(=O)NC2(C(=O)O)CCC2)ccn1)OCC1c2ccccc2-c2ccccc21. The van der Waals surface area contributed by atoms with Gasteiger partial charge in [-0.15, -0.1) is 0 Å². The Hall–Kier alpha value is -4.20. The molecule has 2 aromatic carbocycles. The van der Waals surface area contributed by atoms with Gasteiger partial charge in [-0.05, 0) is 53.6 Å². The molecule has 35 heavy (non-hydrogen) atoms. The molecular weight excluding hydrogens is 446 g/mol. The first-order valence-electron chi connectivity index (χ1n) is 11.6. The molecular formula is C27H25N3O5. The van der Waals surface area contributed by atoms with Crippen molar-refractivity contribution in [3.8, 4) is 11.1 Å². The molecule has 0 unspecified atom stereocenters. The van der Waals surface area contributed by atoms with Crippen LogP contribution in [0.5, 0.6) is 0 Å². The number of alkyl carbamates (subject to hydrolysis) is 1. The first-order chi connectivity index (χ1) is 17.0. The van der Waals surface area contributed by atoms with Crippen LogP contribution in [0.2, 0.25) is 0 Å². The van der Waals surface area contributed by atoms with Crippen LogP contribution in [-0.2, 0) is 16.1 Å². The second-order valence-corrected chi connectivity index (χ2v) is 8.91. The molecule has 3 aromatic rings. The number of pyridine rings is 1. The van der Waals surface area contributed by atoms with Gasteiger partial charge in [-0.25, -0.2) is 9.59 Å². The fourth-order valence-corrected chi connectivity index (χ4v) is 4.74. The number of carboxylic acids is 1. The molecule has 0 spiro atoms. The summed E-state index contributed by atoms with van der Waals surface area (Å²) in [6.07, 6.45) is 2.46. The van der Waals surface area contributed by atoms with Gasteiger partial charge in [0.1, 0.15) is 12.1 Å². The predicted molar refractivity (Wildman–Crippen MR) is 128 cm³/mol. The van der Waals surface area contributed by atoms with E-state index in [0.29, 0.717) is 18.5 Å². The van der Waals surface area contributed by atoms with Crippen molar-refractivity contribution in [3.63, 3.8) is 0 Å². The lowest BCUT2D eigenvalue weighted by molar-refractivity contribution is -0.148. The van der Waals surface area contributed by atoms with Gasteiger partial charge in [0.25, 0.3) is 5.91 Å². The van der Waals surface area contributed by atoms with E-state index in [-0.39, 0.29) is 24.6 Å². The van der Waals surface area contributed by atoms with E-state index in [1.165, 1.54) is 18.3 Å². The molecule has 2 aliphatic rings. The fourth-order valence-electron chi connectivity index (χ4n) is 4.74. The van der Waals surface area contributed by atoms with Gasteiger partial charge in [0.2, 0.25) is 0 Å². The van der Waals surface area contributed by atoms with E-state index in [9.17, 15) is 19.5 Å². The Labute approximate surface area is 202 Å². The molecule has 0 saturated heterocycles. The number of carboxylic acid groups (broad SMARTS) is 1. The number of benzene rings is 2.